The number of halogens is 1. The van der Waals surface area contributed by atoms with Gasteiger partial charge in [0.25, 0.3) is 0 Å². The lowest BCUT2D eigenvalue weighted by Gasteiger charge is -2.18. The van der Waals surface area contributed by atoms with Gasteiger partial charge in [-0.25, -0.2) is 4.79 Å². The lowest BCUT2D eigenvalue weighted by atomic mass is 10.2. The maximum atomic E-state index is 11.1. The molecular formula is C10H10ClN3O. The Labute approximate surface area is 92.8 Å². The number of nitrogens with two attached hydrogens (primary N) is 1. The highest BCUT2D eigenvalue weighted by atomic mass is 35.5. The zero-order chi connectivity index (χ0) is 11.3. The van der Waals surface area contributed by atoms with Crippen molar-refractivity contribution in [3.8, 4) is 6.07 Å². The van der Waals surface area contributed by atoms with Gasteiger partial charge in [-0.2, -0.15) is 5.26 Å². The fourth-order valence-corrected chi connectivity index (χ4v) is 1.34. The predicted octanol–water partition coefficient (Wildman–Crippen LogP) is 1.68. The van der Waals surface area contributed by atoms with Gasteiger partial charge in [-0.15, -0.1) is 11.6 Å². The van der Waals surface area contributed by atoms with Gasteiger partial charge in [0.15, 0.2) is 0 Å². The molecule has 1 aromatic rings. The number of anilines is 1. The number of nitriles is 1. The summed E-state index contributed by atoms with van der Waals surface area (Å²) in [5, 5.41) is 8.60. The first kappa shape index (κ1) is 11.3. The van der Waals surface area contributed by atoms with Gasteiger partial charge in [-0.05, 0) is 24.3 Å². The first-order valence-electron chi connectivity index (χ1n) is 4.32. The maximum Gasteiger partial charge on any atom is 0.319 e. The molecule has 0 bridgehead atoms. The standard InChI is InChI=1S/C10H10ClN3O/c11-5-6-14(10(13)15)9-3-1-8(7-12)2-4-9/h1-4H,5-6H2,(H2,13,15). The Hall–Kier alpha value is -1.73. The monoisotopic (exact) mass is 223 g/mol. The van der Waals surface area contributed by atoms with Gasteiger partial charge in [0.1, 0.15) is 0 Å². The average Bonchev–Trinajstić information content (AvgIpc) is 2.26. The second-order valence-electron chi connectivity index (χ2n) is 2.84. The van der Waals surface area contributed by atoms with Crippen LogP contribution in [-0.4, -0.2) is 18.5 Å². The third kappa shape index (κ3) is 2.86. The van der Waals surface area contributed by atoms with Crippen molar-refractivity contribution in [2.45, 2.75) is 0 Å². The van der Waals surface area contributed by atoms with Crippen molar-refractivity contribution in [3.05, 3.63) is 29.8 Å². The Morgan fingerprint density at radius 3 is 2.47 bits per heavy atom. The number of urea groups is 1. The molecule has 4 nitrogen and oxygen atoms in total. The molecule has 0 saturated heterocycles. The molecule has 0 radical (unpaired) electrons. The highest BCUT2D eigenvalue weighted by molar-refractivity contribution is 6.18. The normalized spacial score (nSPS) is 9.33. The molecule has 0 unspecified atom stereocenters. The summed E-state index contributed by atoms with van der Waals surface area (Å²) in [4.78, 5) is 12.4. The van der Waals surface area contributed by atoms with Crippen molar-refractivity contribution < 1.29 is 4.79 Å². The molecule has 0 heterocycles. The van der Waals surface area contributed by atoms with E-state index >= 15 is 0 Å². The van der Waals surface area contributed by atoms with E-state index in [1.165, 1.54) is 4.90 Å². The Morgan fingerprint density at radius 2 is 2.07 bits per heavy atom. The summed E-state index contributed by atoms with van der Waals surface area (Å²) >= 11 is 5.55. The van der Waals surface area contributed by atoms with E-state index in [-0.39, 0.29) is 0 Å². The molecule has 0 aliphatic heterocycles. The van der Waals surface area contributed by atoms with Gasteiger partial charge in [-0.3, -0.25) is 4.90 Å². The Morgan fingerprint density at radius 1 is 1.47 bits per heavy atom. The van der Waals surface area contributed by atoms with Crippen LogP contribution in [0.4, 0.5) is 10.5 Å². The van der Waals surface area contributed by atoms with Crippen molar-refractivity contribution in [2.75, 3.05) is 17.3 Å². The molecule has 0 aliphatic carbocycles. The number of carbonyl (C=O) groups excluding carboxylic acids is 1. The van der Waals surface area contributed by atoms with Gasteiger partial charge >= 0.3 is 6.03 Å². The molecule has 0 saturated carbocycles. The molecule has 2 N–H and O–H groups in total. The SMILES string of the molecule is N#Cc1ccc(N(CCCl)C(N)=O)cc1. The lowest BCUT2D eigenvalue weighted by molar-refractivity contribution is 0.254. The smallest absolute Gasteiger partial charge is 0.319 e. The summed E-state index contributed by atoms with van der Waals surface area (Å²) in [5.74, 6) is 0.308. The molecule has 0 aliphatic rings. The number of hydrogen-bond donors (Lipinski definition) is 1. The van der Waals surface area contributed by atoms with E-state index in [1.807, 2.05) is 6.07 Å². The van der Waals surface area contributed by atoms with Crippen molar-refractivity contribution in [1.82, 2.24) is 0 Å². The van der Waals surface area contributed by atoms with Gasteiger partial charge < -0.3 is 5.73 Å². The molecule has 1 rings (SSSR count). The number of primary amides is 1. The third-order valence-corrected chi connectivity index (χ3v) is 2.05. The van der Waals surface area contributed by atoms with E-state index in [4.69, 9.17) is 22.6 Å². The van der Waals surface area contributed by atoms with Crippen molar-refractivity contribution in [3.63, 3.8) is 0 Å². The molecule has 5 heteroatoms. The van der Waals surface area contributed by atoms with E-state index in [9.17, 15) is 4.79 Å². The summed E-state index contributed by atoms with van der Waals surface area (Å²) in [6.45, 7) is 0.350. The number of nitrogens with zero attached hydrogens (tertiary/aromatic N) is 2. The molecule has 0 fully saturated rings. The van der Waals surface area contributed by atoms with E-state index in [2.05, 4.69) is 0 Å². The molecule has 0 atom stereocenters. The zero-order valence-electron chi connectivity index (χ0n) is 7.98. The van der Waals surface area contributed by atoms with Crippen molar-refractivity contribution >= 4 is 23.3 Å². The maximum absolute atomic E-state index is 11.1. The highest BCUT2D eigenvalue weighted by Crippen LogP contribution is 2.14. The van der Waals surface area contributed by atoms with Gasteiger partial charge in [0.05, 0.1) is 11.6 Å². The van der Waals surface area contributed by atoms with E-state index < -0.39 is 6.03 Å². The summed E-state index contributed by atoms with van der Waals surface area (Å²) in [7, 11) is 0. The van der Waals surface area contributed by atoms with Gasteiger partial charge in [-0.1, -0.05) is 0 Å². The van der Waals surface area contributed by atoms with Crippen LogP contribution in [0.3, 0.4) is 0 Å². The van der Waals surface area contributed by atoms with Crippen LogP contribution >= 0.6 is 11.6 Å². The molecule has 0 spiro atoms. The number of benzene rings is 1. The molecule has 1 aromatic carbocycles. The average molecular weight is 224 g/mol. The quantitative estimate of drug-likeness (QED) is 0.792. The van der Waals surface area contributed by atoms with Crippen molar-refractivity contribution in [2.24, 2.45) is 5.73 Å². The molecular weight excluding hydrogens is 214 g/mol. The van der Waals surface area contributed by atoms with Gasteiger partial charge in [0.2, 0.25) is 0 Å². The van der Waals surface area contributed by atoms with Crippen LogP contribution in [0.25, 0.3) is 0 Å². The fraction of sp³-hybridized carbons (Fsp3) is 0.200. The van der Waals surface area contributed by atoms with Crippen LogP contribution in [0.1, 0.15) is 5.56 Å². The van der Waals surface area contributed by atoms with Crippen LogP contribution < -0.4 is 10.6 Å². The number of rotatable bonds is 3. The second kappa shape index (κ2) is 5.23. The lowest BCUT2D eigenvalue weighted by Crippen LogP contribution is -2.37. The summed E-state index contributed by atoms with van der Waals surface area (Å²) in [5.41, 5.74) is 6.37. The fourth-order valence-electron chi connectivity index (χ4n) is 1.17. The summed E-state index contributed by atoms with van der Waals surface area (Å²) in [6.07, 6.45) is 0. The first-order chi connectivity index (χ1) is 7.19. The molecule has 15 heavy (non-hydrogen) atoms. The number of alkyl halides is 1. The zero-order valence-corrected chi connectivity index (χ0v) is 8.74. The Balaban J connectivity index is 2.92. The largest absolute Gasteiger partial charge is 0.351 e. The van der Waals surface area contributed by atoms with Crippen LogP contribution in [0.2, 0.25) is 0 Å². The third-order valence-electron chi connectivity index (χ3n) is 1.88. The Kier molecular flexibility index (Phi) is 3.95. The van der Waals surface area contributed by atoms with Crippen LogP contribution in [-0.2, 0) is 0 Å². The van der Waals surface area contributed by atoms with Crippen LogP contribution in [0.5, 0.6) is 0 Å². The summed E-state index contributed by atoms with van der Waals surface area (Å²) < 4.78 is 0. The highest BCUT2D eigenvalue weighted by Gasteiger charge is 2.10. The van der Waals surface area contributed by atoms with Gasteiger partial charge in [0, 0.05) is 18.1 Å². The predicted molar refractivity (Wildman–Crippen MR) is 58.8 cm³/mol. The number of hydrogen-bond acceptors (Lipinski definition) is 2. The van der Waals surface area contributed by atoms with E-state index in [1.54, 1.807) is 24.3 Å². The topological polar surface area (TPSA) is 70.1 Å². The number of amides is 2. The second-order valence-corrected chi connectivity index (χ2v) is 3.22. The Bertz CT molecular complexity index is 383. The minimum Gasteiger partial charge on any atom is -0.351 e. The molecule has 0 aromatic heterocycles. The summed E-state index contributed by atoms with van der Waals surface area (Å²) in [6, 6.07) is 8.01. The minimum atomic E-state index is -0.555. The van der Waals surface area contributed by atoms with E-state index in [0.717, 1.165) is 0 Å². The first-order valence-corrected chi connectivity index (χ1v) is 4.85. The van der Waals surface area contributed by atoms with E-state index in [0.29, 0.717) is 23.7 Å². The van der Waals surface area contributed by atoms with Crippen molar-refractivity contribution in [1.29, 1.82) is 5.26 Å². The van der Waals surface area contributed by atoms with Crippen LogP contribution in [0, 0.1) is 11.3 Å². The minimum absolute atomic E-state index is 0.308. The molecule has 78 valence electrons. The molecule has 2 amide bonds. The van der Waals surface area contributed by atoms with Crippen LogP contribution in [0.15, 0.2) is 24.3 Å². The number of carbonyl (C=O) groups is 1.